The van der Waals surface area contributed by atoms with Crippen LogP contribution in [0.5, 0.6) is 0 Å². The van der Waals surface area contributed by atoms with Crippen LogP contribution in [0.15, 0.2) is 23.2 Å². The Morgan fingerprint density at radius 3 is 2.80 bits per heavy atom. The van der Waals surface area contributed by atoms with Gasteiger partial charge in [-0.3, -0.25) is 4.68 Å². The second-order valence-corrected chi connectivity index (χ2v) is 4.45. The average molecular weight is 269 g/mol. The molecule has 0 radical (unpaired) electrons. The number of aromatic nitrogens is 2. The molecule has 0 N–H and O–H groups in total. The van der Waals surface area contributed by atoms with Gasteiger partial charge in [0, 0.05) is 11.5 Å². The van der Waals surface area contributed by atoms with Crippen molar-refractivity contribution < 1.29 is 4.39 Å². The first-order valence-electron chi connectivity index (χ1n) is 4.48. The van der Waals surface area contributed by atoms with Crippen molar-refractivity contribution in [1.82, 2.24) is 9.78 Å². The molecule has 0 aliphatic carbocycles. The van der Waals surface area contributed by atoms with Gasteiger partial charge in [-0.1, -0.05) is 22.5 Å². The maximum atomic E-state index is 13.8. The first-order chi connectivity index (χ1) is 7.00. The first-order valence-corrected chi connectivity index (χ1v) is 5.27. The third-order valence-electron chi connectivity index (χ3n) is 2.26. The van der Waals surface area contributed by atoms with Crippen molar-refractivity contribution >= 4 is 32.4 Å². The minimum Gasteiger partial charge on any atom is -0.267 e. The van der Waals surface area contributed by atoms with Crippen molar-refractivity contribution in [2.45, 2.75) is 6.92 Å². The Hall–Kier alpha value is -1.16. The van der Waals surface area contributed by atoms with E-state index in [0.717, 1.165) is 11.3 Å². The lowest BCUT2D eigenvalue weighted by molar-refractivity contribution is 0.638. The summed E-state index contributed by atoms with van der Waals surface area (Å²) in [7, 11) is 1.79. The molecule has 0 amide bonds. The summed E-state index contributed by atoms with van der Waals surface area (Å²) >= 11 is 3.24. The highest BCUT2D eigenvalue weighted by atomic mass is 79.9. The maximum absolute atomic E-state index is 13.8. The number of nitrogens with zero attached hydrogens (tertiary/aromatic N) is 2. The Balaban J connectivity index is 2.93. The molecule has 2 aromatic rings. The number of hydrogen-bond donors (Lipinski definition) is 0. The van der Waals surface area contributed by atoms with Gasteiger partial charge in [-0.2, -0.15) is 5.10 Å². The lowest BCUT2D eigenvalue weighted by atomic mass is 10.1. The Bertz CT molecular complexity index is 557. The van der Waals surface area contributed by atoms with Gasteiger partial charge in [0.25, 0.3) is 0 Å². The number of hydrogen-bond acceptors (Lipinski definition) is 1. The maximum Gasteiger partial charge on any atom is 0.135 e. The monoisotopic (exact) mass is 268 g/mol. The summed E-state index contributed by atoms with van der Waals surface area (Å²) in [6.45, 7) is 5.68. The Labute approximate surface area is 95.5 Å². The molecule has 1 heterocycles. The minimum atomic E-state index is -0.273. The van der Waals surface area contributed by atoms with E-state index in [0.29, 0.717) is 15.4 Å². The van der Waals surface area contributed by atoms with Crippen LogP contribution in [0.1, 0.15) is 12.6 Å². The zero-order valence-electron chi connectivity index (χ0n) is 8.51. The van der Waals surface area contributed by atoms with E-state index in [9.17, 15) is 4.39 Å². The molecule has 1 aromatic heterocycles. The zero-order chi connectivity index (χ0) is 11.2. The molecule has 4 heteroatoms. The lowest BCUT2D eigenvalue weighted by Gasteiger charge is -2.01. The van der Waals surface area contributed by atoms with E-state index in [2.05, 4.69) is 27.6 Å². The topological polar surface area (TPSA) is 17.8 Å². The van der Waals surface area contributed by atoms with Gasteiger partial charge in [0.05, 0.1) is 16.6 Å². The van der Waals surface area contributed by atoms with Crippen molar-refractivity contribution in [1.29, 1.82) is 0 Å². The number of halogens is 2. The summed E-state index contributed by atoms with van der Waals surface area (Å²) in [5.74, 6) is -0.273. The smallest absolute Gasteiger partial charge is 0.135 e. The molecule has 0 spiro atoms. The fourth-order valence-electron chi connectivity index (χ4n) is 1.74. The van der Waals surface area contributed by atoms with Crippen LogP contribution in [0.25, 0.3) is 16.5 Å². The highest BCUT2D eigenvalue weighted by molar-refractivity contribution is 9.10. The average Bonchev–Trinajstić information content (AvgIpc) is 2.40. The van der Waals surface area contributed by atoms with Crippen LogP contribution in [0.4, 0.5) is 4.39 Å². The fourth-order valence-corrected chi connectivity index (χ4v) is 2.15. The Morgan fingerprint density at radius 2 is 2.20 bits per heavy atom. The predicted molar refractivity (Wildman–Crippen MR) is 63.1 cm³/mol. The summed E-state index contributed by atoms with van der Waals surface area (Å²) in [4.78, 5) is 0. The van der Waals surface area contributed by atoms with Gasteiger partial charge in [-0.15, -0.1) is 0 Å². The number of rotatable bonds is 1. The minimum absolute atomic E-state index is 0.273. The molecule has 78 valence electrons. The number of allylic oxidation sites excluding steroid dienone is 1. The zero-order valence-corrected chi connectivity index (χ0v) is 10.1. The van der Waals surface area contributed by atoms with E-state index < -0.39 is 0 Å². The standard InChI is InChI=1S/C11H10BrFN2/c1-6(2)11-10-8(13)4-7(12)5-9(10)14-15(11)3/h4-5H,1H2,2-3H3. The fraction of sp³-hybridized carbons (Fsp3) is 0.182. The molecular formula is C11H10BrFN2. The van der Waals surface area contributed by atoms with E-state index in [-0.39, 0.29) is 5.82 Å². The van der Waals surface area contributed by atoms with Crippen LogP contribution in [0, 0.1) is 5.82 Å². The molecule has 2 nitrogen and oxygen atoms in total. The van der Waals surface area contributed by atoms with Gasteiger partial charge < -0.3 is 0 Å². The lowest BCUT2D eigenvalue weighted by Crippen LogP contribution is -1.95. The van der Waals surface area contributed by atoms with E-state index >= 15 is 0 Å². The van der Waals surface area contributed by atoms with Gasteiger partial charge in [-0.25, -0.2) is 4.39 Å². The predicted octanol–water partition coefficient (Wildman–Crippen LogP) is 3.51. The Morgan fingerprint density at radius 1 is 1.53 bits per heavy atom. The van der Waals surface area contributed by atoms with Crippen LogP contribution < -0.4 is 0 Å². The van der Waals surface area contributed by atoms with Crippen LogP contribution >= 0.6 is 15.9 Å². The van der Waals surface area contributed by atoms with Gasteiger partial charge in [0.15, 0.2) is 0 Å². The molecule has 15 heavy (non-hydrogen) atoms. The SMILES string of the molecule is C=C(C)c1c2c(F)cc(Br)cc2nn1C. The second kappa shape index (κ2) is 3.45. The first kappa shape index (κ1) is 10.4. The summed E-state index contributed by atoms with van der Waals surface area (Å²) in [5.41, 5.74) is 2.19. The van der Waals surface area contributed by atoms with Crippen molar-refractivity contribution in [3.05, 3.63) is 34.7 Å². The van der Waals surface area contributed by atoms with E-state index in [1.165, 1.54) is 6.07 Å². The molecule has 0 saturated heterocycles. The molecule has 0 aliphatic rings. The number of fused-ring (bicyclic) bond motifs is 1. The largest absolute Gasteiger partial charge is 0.267 e. The molecule has 2 rings (SSSR count). The van der Waals surface area contributed by atoms with Crippen LogP contribution in [-0.4, -0.2) is 9.78 Å². The molecule has 0 saturated carbocycles. The normalized spacial score (nSPS) is 10.9. The molecule has 0 fully saturated rings. The molecule has 0 bridgehead atoms. The Kier molecular flexibility index (Phi) is 2.38. The summed E-state index contributed by atoms with van der Waals surface area (Å²) < 4.78 is 16.1. The number of benzene rings is 1. The van der Waals surface area contributed by atoms with E-state index in [1.54, 1.807) is 17.8 Å². The number of aryl methyl sites for hydroxylation is 1. The third kappa shape index (κ3) is 1.59. The van der Waals surface area contributed by atoms with Gasteiger partial charge in [-0.05, 0) is 24.6 Å². The van der Waals surface area contributed by atoms with Gasteiger partial charge in [0.1, 0.15) is 5.82 Å². The quantitative estimate of drug-likeness (QED) is 0.774. The van der Waals surface area contributed by atoms with Crippen molar-refractivity contribution in [2.75, 3.05) is 0 Å². The van der Waals surface area contributed by atoms with Crippen LogP contribution in [-0.2, 0) is 7.05 Å². The van der Waals surface area contributed by atoms with Crippen molar-refractivity contribution in [3.8, 4) is 0 Å². The molecule has 1 aromatic carbocycles. The van der Waals surface area contributed by atoms with Gasteiger partial charge >= 0.3 is 0 Å². The van der Waals surface area contributed by atoms with Crippen LogP contribution in [0.3, 0.4) is 0 Å². The molecule has 0 unspecified atom stereocenters. The summed E-state index contributed by atoms with van der Waals surface area (Å²) in [6.07, 6.45) is 0. The summed E-state index contributed by atoms with van der Waals surface area (Å²) in [5, 5.41) is 4.78. The molecule has 0 aliphatic heterocycles. The van der Waals surface area contributed by atoms with E-state index in [1.807, 2.05) is 6.92 Å². The van der Waals surface area contributed by atoms with Crippen molar-refractivity contribution in [3.63, 3.8) is 0 Å². The van der Waals surface area contributed by atoms with Crippen LogP contribution in [0.2, 0.25) is 0 Å². The summed E-state index contributed by atoms with van der Waals surface area (Å²) in [6, 6.07) is 3.24. The third-order valence-corrected chi connectivity index (χ3v) is 2.71. The molecule has 0 atom stereocenters. The molecular weight excluding hydrogens is 259 g/mol. The van der Waals surface area contributed by atoms with Crippen molar-refractivity contribution in [2.24, 2.45) is 7.05 Å². The highest BCUT2D eigenvalue weighted by Gasteiger charge is 2.14. The van der Waals surface area contributed by atoms with E-state index in [4.69, 9.17) is 0 Å². The van der Waals surface area contributed by atoms with Gasteiger partial charge in [0.2, 0.25) is 0 Å². The second-order valence-electron chi connectivity index (χ2n) is 3.53. The highest BCUT2D eigenvalue weighted by Crippen LogP contribution is 2.28.